The fraction of sp³-hybridized carbons (Fsp3) is 0.150. The Bertz CT molecular complexity index is 829. The second kappa shape index (κ2) is 5.43. The minimum Gasteiger partial charge on any atom is -0.317 e. The molecular weight excluding hydrogens is 282 g/mol. The molecule has 3 nitrogen and oxygen atoms in total. The largest absolute Gasteiger partial charge is 0.317 e. The average molecular weight is 301 g/mol. The van der Waals surface area contributed by atoms with E-state index in [1.54, 1.807) is 0 Å². The number of benzene rings is 2. The molecule has 2 heterocycles. The highest BCUT2D eigenvalue weighted by Crippen LogP contribution is 2.46. The monoisotopic (exact) mass is 301 g/mol. The Balaban J connectivity index is 1.89. The number of hydrogen-bond donors (Lipinski definition) is 0. The minimum absolute atomic E-state index is 0.170. The summed E-state index contributed by atoms with van der Waals surface area (Å²) in [6, 6.07) is 23.1. The molecule has 23 heavy (non-hydrogen) atoms. The van der Waals surface area contributed by atoms with E-state index in [4.69, 9.17) is 0 Å². The molecule has 0 spiro atoms. The first-order valence-corrected chi connectivity index (χ1v) is 7.91. The molecule has 3 heteroatoms. The van der Waals surface area contributed by atoms with Crippen molar-refractivity contribution in [1.29, 1.82) is 0 Å². The average Bonchev–Trinajstić information content (AvgIpc) is 2.88. The van der Waals surface area contributed by atoms with Crippen LogP contribution in [-0.2, 0) is 0 Å². The van der Waals surface area contributed by atoms with Crippen molar-refractivity contribution < 1.29 is 0 Å². The smallest absolute Gasteiger partial charge is 0.158 e. The molecule has 2 aromatic carbocycles. The molecule has 1 aliphatic rings. The molecule has 1 aliphatic heterocycles. The van der Waals surface area contributed by atoms with Gasteiger partial charge in [0, 0.05) is 17.6 Å². The van der Waals surface area contributed by atoms with Gasteiger partial charge in [-0.25, -0.2) is 4.98 Å². The molecule has 0 saturated carbocycles. The summed E-state index contributed by atoms with van der Waals surface area (Å²) in [6.45, 7) is 4.37. The van der Waals surface area contributed by atoms with Gasteiger partial charge in [0.25, 0.3) is 0 Å². The summed E-state index contributed by atoms with van der Waals surface area (Å²) in [6.07, 6.45) is 2.04. The number of aromatic nitrogens is 1. The van der Waals surface area contributed by atoms with Gasteiger partial charge in [0.15, 0.2) is 5.82 Å². The van der Waals surface area contributed by atoms with E-state index in [0.29, 0.717) is 0 Å². The van der Waals surface area contributed by atoms with Crippen molar-refractivity contribution in [2.75, 3.05) is 9.80 Å². The summed E-state index contributed by atoms with van der Waals surface area (Å²) in [4.78, 5) is 9.33. The highest BCUT2D eigenvalue weighted by atomic mass is 15.4. The van der Waals surface area contributed by atoms with Crippen LogP contribution in [0.5, 0.6) is 0 Å². The molecule has 0 aliphatic carbocycles. The van der Waals surface area contributed by atoms with Crippen LogP contribution < -0.4 is 9.80 Å². The highest BCUT2D eigenvalue weighted by molar-refractivity contribution is 5.86. The molecule has 0 bridgehead atoms. The molecule has 0 fully saturated rings. The van der Waals surface area contributed by atoms with Crippen molar-refractivity contribution in [2.45, 2.75) is 20.0 Å². The number of hydrogen-bond acceptors (Lipinski definition) is 3. The third-order valence-corrected chi connectivity index (χ3v) is 4.41. The molecular formula is C20H19N3. The summed E-state index contributed by atoms with van der Waals surface area (Å²) in [5.74, 6) is 1.01. The Morgan fingerprint density at radius 3 is 2.26 bits per heavy atom. The van der Waals surface area contributed by atoms with Crippen molar-refractivity contribution in [3.63, 3.8) is 0 Å². The number of fused-ring (bicyclic) bond motifs is 1. The Morgan fingerprint density at radius 2 is 1.48 bits per heavy atom. The molecule has 1 atom stereocenters. The van der Waals surface area contributed by atoms with Crippen LogP contribution in [0.3, 0.4) is 0 Å². The Labute approximate surface area is 136 Å². The second-order valence-corrected chi connectivity index (χ2v) is 5.84. The van der Waals surface area contributed by atoms with Gasteiger partial charge in [0.05, 0.1) is 5.69 Å². The van der Waals surface area contributed by atoms with Gasteiger partial charge in [-0.15, -0.1) is 0 Å². The summed E-state index contributed by atoms with van der Waals surface area (Å²) < 4.78 is 0. The van der Waals surface area contributed by atoms with Crippen LogP contribution in [0.25, 0.3) is 0 Å². The standard InChI is InChI=1S/C20H19N3/c1-15-9-6-7-12-18(15)23-16(2)22(17-10-4-3-5-11-17)19-13-8-14-21-20(19)23/h3-14,16H,1-2H3/t16-/m1/s1. The predicted molar refractivity (Wildman–Crippen MR) is 95.6 cm³/mol. The number of para-hydroxylation sites is 2. The molecule has 0 saturated heterocycles. The van der Waals surface area contributed by atoms with E-state index >= 15 is 0 Å². The third-order valence-electron chi connectivity index (χ3n) is 4.41. The van der Waals surface area contributed by atoms with Gasteiger partial charge in [0.2, 0.25) is 0 Å². The molecule has 1 aromatic heterocycles. The third kappa shape index (κ3) is 2.16. The van der Waals surface area contributed by atoms with Crippen molar-refractivity contribution in [3.05, 3.63) is 78.5 Å². The van der Waals surface area contributed by atoms with Gasteiger partial charge in [-0.3, -0.25) is 0 Å². The topological polar surface area (TPSA) is 19.4 Å². The van der Waals surface area contributed by atoms with Crippen LogP contribution in [-0.4, -0.2) is 11.1 Å². The Hall–Kier alpha value is -2.81. The van der Waals surface area contributed by atoms with Crippen LogP contribution in [0.15, 0.2) is 72.9 Å². The van der Waals surface area contributed by atoms with Gasteiger partial charge < -0.3 is 9.80 Å². The Kier molecular flexibility index (Phi) is 3.27. The molecule has 0 radical (unpaired) electrons. The number of anilines is 4. The van der Waals surface area contributed by atoms with E-state index in [1.807, 2.05) is 18.3 Å². The zero-order valence-electron chi connectivity index (χ0n) is 13.3. The molecule has 3 aromatic rings. The van der Waals surface area contributed by atoms with Crippen molar-refractivity contribution in [3.8, 4) is 0 Å². The zero-order valence-corrected chi connectivity index (χ0v) is 13.3. The lowest BCUT2D eigenvalue weighted by Crippen LogP contribution is -2.35. The van der Waals surface area contributed by atoms with Gasteiger partial charge in [-0.1, -0.05) is 36.4 Å². The number of pyridine rings is 1. The molecule has 0 N–H and O–H groups in total. The van der Waals surface area contributed by atoms with Crippen LogP contribution >= 0.6 is 0 Å². The molecule has 114 valence electrons. The summed E-state index contributed by atoms with van der Waals surface area (Å²) in [7, 11) is 0. The number of aryl methyl sites for hydroxylation is 1. The van der Waals surface area contributed by atoms with Crippen LogP contribution in [0.4, 0.5) is 22.9 Å². The quantitative estimate of drug-likeness (QED) is 0.662. The minimum atomic E-state index is 0.170. The van der Waals surface area contributed by atoms with Crippen molar-refractivity contribution in [2.24, 2.45) is 0 Å². The molecule has 4 rings (SSSR count). The van der Waals surface area contributed by atoms with Crippen LogP contribution in [0, 0.1) is 6.92 Å². The summed E-state index contributed by atoms with van der Waals surface area (Å²) in [5.41, 5.74) is 4.80. The first-order valence-electron chi connectivity index (χ1n) is 7.91. The number of nitrogens with zero attached hydrogens (tertiary/aromatic N) is 3. The van der Waals surface area contributed by atoms with Crippen LogP contribution in [0.2, 0.25) is 0 Å². The highest BCUT2D eigenvalue weighted by Gasteiger charge is 2.36. The fourth-order valence-corrected chi connectivity index (χ4v) is 3.35. The summed E-state index contributed by atoms with van der Waals surface area (Å²) >= 11 is 0. The lowest BCUT2D eigenvalue weighted by atomic mass is 10.2. The fourth-order valence-electron chi connectivity index (χ4n) is 3.35. The summed E-state index contributed by atoms with van der Waals surface area (Å²) in [5, 5.41) is 0. The van der Waals surface area contributed by atoms with E-state index in [2.05, 4.69) is 83.2 Å². The first-order chi connectivity index (χ1) is 11.3. The maximum absolute atomic E-state index is 4.67. The molecule has 0 amide bonds. The lowest BCUT2D eigenvalue weighted by molar-refractivity contribution is 0.755. The van der Waals surface area contributed by atoms with Crippen molar-refractivity contribution >= 4 is 22.9 Å². The number of rotatable bonds is 2. The molecule has 0 unspecified atom stereocenters. The van der Waals surface area contributed by atoms with Gasteiger partial charge in [0.1, 0.15) is 6.17 Å². The van der Waals surface area contributed by atoms with Gasteiger partial charge in [-0.05, 0) is 49.7 Å². The second-order valence-electron chi connectivity index (χ2n) is 5.84. The van der Waals surface area contributed by atoms with E-state index in [0.717, 1.165) is 11.5 Å². The maximum Gasteiger partial charge on any atom is 0.158 e. The lowest BCUT2D eigenvalue weighted by Gasteiger charge is -2.30. The van der Waals surface area contributed by atoms with E-state index < -0.39 is 0 Å². The van der Waals surface area contributed by atoms with Gasteiger partial charge in [-0.2, -0.15) is 0 Å². The first kappa shape index (κ1) is 13.8. The normalized spacial score (nSPS) is 16.5. The van der Waals surface area contributed by atoms with E-state index in [9.17, 15) is 0 Å². The Morgan fingerprint density at radius 1 is 0.783 bits per heavy atom. The predicted octanol–water partition coefficient (Wildman–Crippen LogP) is 5.03. The SMILES string of the molecule is Cc1ccccc1N1c2ncccc2N(c2ccccc2)[C@H]1C. The van der Waals surface area contributed by atoms with E-state index in [-0.39, 0.29) is 6.17 Å². The van der Waals surface area contributed by atoms with Gasteiger partial charge >= 0.3 is 0 Å². The maximum atomic E-state index is 4.67. The van der Waals surface area contributed by atoms with E-state index in [1.165, 1.54) is 16.9 Å². The van der Waals surface area contributed by atoms with Crippen molar-refractivity contribution in [1.82, 2.24) is 4.98 Å². The zero-order chi connectivity index (χ0) is 15.8. The van der Waals surface area contributed by atoms with Crippen LogP contribution in [0.1, 0.15) is 12.5 Å².